The van der Waals surface area contributed by atoms with E-state index in [0.29, 0.717) is 44.4 Å². The minimum atomic E-state index is 0. The van der Waals surface area contributed by atoms with Crippen molar-refractivity contribution in [3.8, 4) is 23.0 Å². The van der Waals surface area contributed by atoms with Gasteiger partial charge < -0.3 is 34.7 Å². The topological polar surface area (TPSA) is 81.2 Å². The summed E-state index contributed by atoms with van der Waals surface area (Å²) in [4.78, 5) is 0. The van der Waals surface area contributed by atoms with E-state index in [4.69, 9.17) is 24.1 Å². The lowest BCUT2D eigenvalue weighted by Gasteiger charge is -2.19. The Bertz CT molecular complexity index is 814. The molecule has 0 bridgehead atoms. The van der Waals surface area contributed by atoms with Gasteiger partial charge in [0.15, 0.2) is 23.0 Å². The summed E-state index contributed by atoms with van der Waals surface area (Å²) in [6.07, 6.45) is 0. The summed E-state index contributed by atoms with van der Waals surface area (Å²) >= 11 is 3.60. The highest BCUT2D eigenvalue weighted by atomic mass is 79.9. The summed E-state index contributed by atoms with van der Waals surface area (Å²) in [5, 5.41) is 15.2. The molecule has 3 rings (SSSR count). The Kier molecular flexibility index (Phi) is 13.0. The standard InChI is InChI=1S/C21H27BrN2O5.2ClH/c1-26-20-12-16(13-24-5-4-23-6-7-25)10-17(22)21(20)29-14-15-2-3-18-19(11-15)28-9-8-27-18;;/h2-3,10-12,23-25H,4-9,13-14H2,1H3;2*1H. The highest BCUT2D eigenvalue weighted by molar-refractivity contribution is 9.10. The molecule has 0 radical (unpaired) electrons. The fourth-order valence-corrected chi connectivity index (χ4v) is 3.57. The minimum Gasteiger partial charge on any atom is -0.493 e. The van der Waals surface area contributed by atoms with Gasteiger partial charge in [0, 0.05) is 26.2 Å². The van der Waals surface area contributed by atoms with Crippen molar-refractivity contribution in [1.29, 1.82) is 0 Å². The summed E-state index contributed by atoms with van der Waals surface area (Å²) in [6, 6.07) is 9.81. The predicted molar refractivity (Wildman–Crippen MR) is 129 cm³/mol. The molecular formula is C21H29BrCl2N2O5. The zero-order valence-corrected chi connectivity index (χ0v) is 20.5. The van der Waals surface area contributed by atoms with Crippen molar-refractivity contribution in [2.75, 3.05) is 46.6 Å². The molecule has 1 aliphatic rings. The highest BCUT2D eigenvalue weighted by Gasteiger charge is 2.14. The maximum Gasteiger partial charge on any atom is 0.175 e. The average Bonchev–Trinajstić information content (AvgIpc) is 2.75. The van der Waals surface area contributed by atoms with E-state index in [-0.39, 0.29) is 31.4 Å². The summed E-state index contributed by atoms with van der Waals surface area (Å²) in [6.45, 7) is 4.60. The van der Waals surface area contributed by atoms with Crippen molar-refractivity contribution in [2.45, 2.75) is 13.2 Å². The number of ether oxygens (including phenoxy) is 4. The van der Waals surface area contributed by atoms with E-state index in [1.165, 1.54) is 0 Å². The van der Waals surface area contributed by atoms with Crippen LogP contribution in [-0.2, 0) is 13.2 Å². The maximum absolute atomic E-state index is 8.76. The van der Waals surface area contributed by atoms with Crippen LogP contribution in [-0.4, -0.2) is 51.7 Å². The average molecular weight is 540 g/mol. The van der Waals surface area contributed by atoms with Crippen LogP contribution in [0.5, 0.6) is 23.0 Å². The second-order valence-corrected chi connectivity index (χ2v) is 7.38. The molecule has 0 fully saturated rings. The molecule has 10 heteroatoms. The van der Waals surface area contributed by atoms with E-state index >= 15 is 0 Å². The quantitative estimate of drug-likeness (QED) is 0.378. The number of nitrogens with one attached hydrogen (secondary N) is 2. The predicted octanol–water partition coefficient (Wildman–Crippen LogP) is 3.32. The number of methoxy groups -OCH3 is 1. The minimum absolute atomic E-state index is 0. The zero-order chi connectivity index (χ0) is 20.5. The van der Waals surface area contributed by atoms with Gasteiger partial charge >= 0.3 is 0 Å². The monoisotopic (exact) mass is 538 g/mol. The molecule has 2 aromatic carbocycles. The first-order valence-corrected chi connectivity index (χ1v) is 10.4. The molecule has 1 aliphatic heterocycles. The molecule has 0 amide bonds. The van der Waals surface area contributed by atoms with Gasteiger partial charge in [-0.2, -0.15) is 0 Å². The number of fused-ring (bicyclic) bond motifs is 1. The van der Waals surface area contributed by atoms with Gasteiger partial charge in [0.25, 0.3) is 0 Å². The number of hydrogen-bond donors (Lipinski definition) is 3. The molecular weight excluding hydrogens is 511 g/mol. The van der Waals surface area contributed by atoms with Crippen LogP contribution in [0.4, 0.5) is 0 Å². The smallest absolute Gasteiger partial charge is 0.175 e. The van der Waals surface area contributed by atoms with E-state index in [9.17, 15) is 0 Å². The molecule has 0 spiro atoms. The SMILES string of the molecule is COc1cc(CNCCNCCO)cc(Br)c1OCc1ccc2c(c1)OCCO2.Cl.Cl. The molecule has 2 aromatic rings. The third-order valence-electron chi connectivity index (χ3n) is 4.38. The third-order valence-corrected chi connectivity index (χ3v) is 4.96. The van der Waals surface area contributed by atoms with Crippen molar-refractivity contribution in [3.63, 3.8) is 0 Å². The molecule has 3 N–H and O–H groups in total. The van der Waals surface area contributed by atoms with Crippen molar-refractivity contribution < 1.29 is 24.1 Å². The van der Waals surface area contributed by atoms with E-state index in [0.717, 1.165) is 40.2 Å². The first kappa shape index (κ1) is 27.6. The molecule has 0 aromatic heterocycles. The van der Waals surface area contributed by atoms with Crippen molar-refractivity contribution in [3.05, 3.63) is 45.9 Å². The molecule has 0 atom stereocenters. The lowest BCUT2D eigenvalue weighted by atomic mass is 10.2. The molecule has 0 saturated carbocycles. The number of rotatable bonds is 11. The normalized spacial score (nSPS) is 11.8. The molecule has 0 saturated heterocycles. The number of hydrogen-bond acceptors (Lipinski definition) is 7. The summed E-state index contributed by atoms with van der Waals surface area (Å²) in [5.41, 5.74) is 2.08. The summed E-state index contributed by atoms with van der Waals surface area (Å²) in [5.74, 6) is 2.85. The number of aliphatic hydroxyl groups excluding tert-OH is 1. The van der Waals surface area contributed by atoms with Crippen LogP contribution < -0.4 is 29.6 Å². The van der Waals surface area contributed by atoms with Gasteiger partial charge in [-0.15, -0.1) is 24.8 Å². The van der Waals surface area contributed by atoms with Crippen molar-refractivity contribution in [2.24, 2.45) is 0 Å². The van der Waals surface area contributed by atoms with Gasteiger partial charge in [0.1, 0.15) is 19.8 Å². The Morgan fingerprint density at radius 1 is 0.968 bits per heavy atom. The van der Waals surface area contributed by atoms with Gasteiger partial charge in [-0.25, -0.2) is 0 Å². The maximum atomic E-state index is 8.76. The first-order valence-electron chi connectivity index (χ1n) is 9.61. The van der Waals surface area contributed by atoms with E-state index in [2.05, 4.69) is 26.6 Å². The molecule has 0 unspecified atom stereocenters. The molecule has 1 heterocycles. The molecule has 7 nitrogen and oxygen atoms in total. The second kappa shape index (κ2) is 14.6. The van der Waals surface area contributed by atoms with Crippen LogP contribution in [0.15, 0.2) is 34.8 Å². The third kappa shape index (κ3) is 8.21. The largest absolute Gasteiger partial charge is 0.493 e. The molecule has 174 valence electrons. The van der Waals surface area contributed by atoms with Crippen LogP contribution in [0, 0.1) is 0 Å². The number of benzene rings is 2. The lowest BCUT2D eigenvalue weighted by Crippen LogP contribution is -2.28. The fourth-order valence-electron chi connectivity index (χ4n) is 2.96. The summed E-state index contributed by atoms with van der Waals surface area (Å²) < 4.78 is 23.6. The van der Waals surface area contributed by atoms with Crippen LogP contribution in [0.1, 0.15) is 11.1 Å². The number of halogens is 3. The van der Waals surface area contributed by atoms with Gasteiger partial charge in [0.2, 0.25) is 0 Å². The Balaban J connectivity index is 0.00000240. The zero-order valence-electron chi connectivity index (χ0n) is 17.3. The Morgan fingerprint density at radius 2 is 1.71 bits per heavy atom. The van der Waals surface area contributed by atoms with E-state index < -0.39 is 0 Å². The van der Waals surface area contributed by atoms with Crippen molar-refractivity contribution >= 4 is 40.7 Å². The van der Waals surface area contributed by atoms with Crippen LogP contribution >= 0.6 is 40.7 Å². The lowest BCUT2D eigenvalue weighted by molar-refractivity contribution is 0.171. The van der Waals surface area contributed by atoms with E-state index in [1.54, 1.807) is 7.11 Å². The van der Waals surface area contributed by atoms with E-state index in [1.807, 2.05) is 30.3 Å². The van der Waals surface area contributed by atoms with Gasteiger partial charge in [-0.05, 0) is 51.3 Å². The Labute approximate surface area is 203 Å². The highest BCUT2D eigenvalue weighted by Crippen LogP contribution is 2.38. The van der Waals surface area contributed by atoms with Gasteiger partial charge in [0.05, 0.1) is 18.2 Å². The van der Waals surface area contributed by atoms with Crippen LogP contribution in [0.2, 0.25) is 0 Å². The second-order valence-electron chi connectivity index (χ2n) is 6.53. The van der Waals surface area contributed by atoms with Gasteiger partial charge in [-0.3, -0.25) is 0 Å². The molecule has 0 aliphatic carbocycles. The first-order chi connectivity index (χ1) is 14.2. The van der Waals surface area contributed by atoms with Crippen molar-refractivity contribution in [1.82, 2.24) is 10.6 Å². The Morgan fingerprint density at radius 3 is 2.45 bits per heavy atom. The fraction of sp³-hybridized carbons (Fsp3) is 0.429. The van der Waals surface area contributed by atoms with Crippen LogP contribution in [0.3, 0.4) is 0 Å². The van der Waals surface area contributed by atoms with Gasteiger partial charge in [-0.1, -0.05) is 6.07 Å². The van der Waals surface area contributed by atoms with Crippen LogP contribution in [0.25, 0.3) is 0 Å². The molecule has 31 heavy (non-hydrogen) atoms. The number of aliphatic hydroxyl groups is 1. The Hall–Kier alpha value is -1.42. The summed E-state index contributed by atoms with van der Waals surface area (Å²) in [7, 11) is 1.63.